The molecule has 24 heavy (non-hydrogen) atoms. The van der Waals surface area contributed by atoms with Crippen molar-refractivity contribution in [3.63, 3.8) is 0 Å². The second-order valence-corrected chi connectivity index (χ2v) is 6.05. The van der Waals surface area contributed by atoms with E-state index in [2.05, 4.69) is 10.5 Å². The van der Waals surface area contributed by atoms with Crippen LogP contribution in [-0.2, 0) is 9.63 Å². The van der Waals surface area contributed by atoms with E-state index >= 15 is 0 Å². The number of hydrogen-bond acceptors (Lipinski definition) is 4. The van der Waals surface area contributed by atoms with Crippen molar-refractivity contribution in [1.29, 1.82) is 0 Å². The molecule has 1 N–H and O–H groups in total. The van der Waals surface area contributed by atoms with Crippen LogP contribution in [0.15, 0.2) is 47.6 Å². The second kappa shape index (κ2) is 7.11. The number of nitrogens with zero attached hydrogens (tertiary/aromatic N) is 1. The summed E-state index contributed by atoms with van der Waals surface area (Å²) in [5, 5.41) is 7.89. The number of ether oxygens (including phenoxy) is 1. The minimum absolute atomic E-state index is 0.316. The third-order valence-corrected chi connectivity index (χ3v) is 4.05. The SMILES string of the molecule is COc1ccc(Cl)cc1NC(=O)C1CC(c2ccc(Cl)cc2)=NO1. The molecule has 5 nitrogen and oxygen atoms in total. The predicted octanol–water partition coefficient (Wildman–Crippen LogP) is 4.13. The largest absolute Gasteiger partial charge is 0.495 e. The minimum atomic E-state index is -0.709. The van der Waals surface area contributed by atoms with Crippen LogP contribution in [0.5, 0.6) is 5.75 Å². The van der Waals surface area contributed by atoms with Gasteiger partial charge in [0.05, 0.1) is 18.5 Å². The number of carbonyl (C=O) groups excluding carboxylic acids is 1. The molecule has 1 atom stereocenters. The first kappa shape index (κ1) is 16.6. The number of amides is 1. The van der Waals surface area contributed by atoms with E-state index in [0.717, 1.165) is 5.56 Å². The molecule has 2 aromatic carbocycles. The van der Waals surface area contributed by atoms with Gasteiger partial charge in [0.1, 0.15) is 5.75 Å². The number of rotatable bonds is 4. The summed E-state index contributed by atoms with van der Waals surface area (Å²) >= 11 is 11.8. The molecule has 1 heterocycles. The van der Waals surface area contributed by atoms with Gasteiger partial charge in [-0.2, -0.15) is 0 Å². The van der Waals surface area contributed by atoms with Crippen molar-refractivity contribution in [3.8, 4) is 5.75 Å². The molecule has 0 saturated carbocycles. The molecule has 1 aliphatic heterocycles. The van der Waals surface area contributed by atoms with E-state index in [1.807, 2.05) is 12.1 Å². The zero-order chi connectivity index (χ0) is 17.1. The summed E-state index contributed by atoms with van der Waals surface area (Å²) in [5.41, 5.74) is 2.05. The molecule has 1 unspecified atom stereocenters. The van der Waals surface area contributed by atoms with Crippen LogP contribution in [-0.4, -0.2) is 24.8 Å². The zero-order valence-electron chi connectivity index (χ0n) is 12.8. The van der Waals surface area contributed by atoms with Crippen molar-refractivity contribution >= 4 is 40.5 Å². The molecule has 0 bridgehead atoms. The Balaban J connectivity index is 1.68. The summed E-state index contributed by atoms with van der Waals surface area (Å²) in [4.78, 5) is 17.7. The van der Waals surface area contributed by atoms with Gasteiger partial charge in [-0.15, -0.1) is 0 Å². The number of oxime groups is 1. The summed E-state index contributed by atoms with van der Waals surface area (Å²) < 4.78 is 5.21. The third-order valence-electron chi connectivity index (χ3n) is 3.56. The quantitative estimate of drug-likeness (QED) is 0.886. The van der Waals surface area contributed by atoms with Crippen LogP contribution >= 0.6 is 23.2 Å². The third kappa shape index (κ3) is 3.63. The number of benzene rings is 2. The van der Waals surface area contributed by atoms with Gasteiger partial charge in [0.15, 0.2) is 0 Å². The first-order valence-electron chi connectivity index (χ1n) is 7.20. The lowest BCUT2D eigenvalue weighted by Crippen LogP contribution is -2.28. The van der Waals surface area contributed by atoms with Crippen LogP contribution in [0.1, 0.15) is 12.0 Å². The number of carbonyl (C=O) groups is 1. The van der Waals surface area contributed by atoms with E-state index < -0.39 is 6.10 Å². The topological polar surface area (TPSA) is 59.9 Å². The van der Waals surface area contributed by atoms with Gasteiger partial charge in [0.2, 0.25) is 6.10 Å². The van der Waals surface area contributed by atoms with Crippen molar-refractivity contribution in [2.24, 2.45) is 5.16 Å². The fraction of sp³-hybridized carbons (Fsp3) is 0.176. The fourth-order valence-corrected chi connectivity index (χ4v) is 2.62. The Morgan fingerprint density at radius 3 is 2.62 bits per heavy atom. The van der Waals surface area contributed by atoms with Gasteiger partial charge < -0.3 is 14.9 Å². The molecular weight excluding hydrogens is 351 g/mol. The number of anilines is 1. The van der Waals surface area contributed by atoms with Crippen LogP contribution in [0, 0.1) is 0 Å². The van der Waals surface area contributed by atoms with E-state index in [0.29, 0.717) is 33.6 Å². The highest BCUT2D eigenvalue weighted by Gasteiger charge is 2.29. The maximum absolute atomic E-state index is 12.4. The lowest BCUT2D eigenvalue weighted by atomic mass is 10.0. The summed E-state index contributed by atoms with van der Waals surface area (Å²) in [7, 11) is 1.52. The van der Waals surface area contributed by atoms with Gasteiger partial charge >= 0.3 is 0 Å². The zero-order valence-corrected chi connectivity index (χ0v) is 14.3. The Kier molecular flexibility index (Phi) is 4.92. The Hall–Kier alpha value is -2.24. The average molecular weight is 365 g/mol. The lowest BCUT2D eigenvalue weighted by molar-refractivity contribution is -0.125. The van der Waals surface area contributed by atoms with E-state index in [-0.39, 0.29) is 5.91 Å². The van der Waals surface area contributed by atoms with Gasteiger partial charge in [-0.1, -0.05) is 40.5 Å². The van der Waals surface area contributed by atoms with Gasteiger partial charge in [-0.3, -0.25) is 4.79 Å². The second-order valence-electron chi connectivity index (χ2n) is 5.18. The number of nitrogens with one attached hydrogen (secondary N) is 1. The number of methoxy groups -OCH3 is 1. The maximum atomic E-state index is 12.4. The van der Waals surface area contributed by atoms with Crippen LogP contribution in [0.3, 0.4) is 0 Å². The molecule has 2 aromatic rings. The van der Waals surface area contributed by atoms with E-state index in [1.165, 1.54) is 7.11 Å². The van der Waals surface area contributed by atoms with Gasteiger partial charge in [0, 0.05) is 16.5 Å². The van der Waals surface area contributed by atoms with E-state index in [9.17, 15) is 4.79 Å². The van der Waals surface area contributed by atoms with E-state index in [1.54, 1.807) is 30.3 Å². The molecule has 7 heteroatoms. The fourth-order valence-electron chi connectivity index (χ4n) is 2.32. The van der Waals surface area contributed by atoms with Crippen LogP contribution in [0.25, 0.3) is 0 Å². The monoisotopic (exact) mass is 364 g/mol. The van der Waals surface area contributed by atoms with Crippen LogP contribution < -0.4 is 10.1 Å². The Morgan fingerprint density at radius 1 is 1.21 bits per heavy atom. The molecule has 0 saturated heterocycles. The van der Waals surface area contributed by atoms with Crippen molar-refractivity contribution in [2.75, 3.05) is 12.4 Å². The Bertz CT molecular complexity index is 791. The van der Waals surface area contributed by atoms with Gasteiger partial charge in [0.25, 0.3) is 5.91 Å². The van der Waals surface area contributed by atoms with Crippen molar-refractivity contribution in [3.05, 3.63) is 58.1 Å². The number of hydrogen-bond donors (Lipinski definition) is 1. The lowest BCUT2D eigenvalue weighted by Gasteiger charge is -2.13. The van der Waals surface area contributed by atoms with Crippen LogP contribution in [0.2, 0.25) is 10.0 Å². The van der Waals surface area contributed by atoms with E-state index in [4.69, 9.17) is 32.8 Å². The van der Waals surface area contributed by atoms with Crippen molar-refractivity contribution < 1.29 is 14.4 Å². The smallest absolute Gasteiger partial charge is 0.268 e. The molecule has 0 fully saturated rings. The molecule has 3 rings (SSSR count). The molecule has 0 aromatic heterocycles. The summed E-state index contributed by atoms with van der Waals surface area (Å²) in [6, 6.07) is 12.2. The maximum Gasteiger partial charge on any atom is 0.268 e. The summed E-state index contributed by atoms with van der Waals surface area (Å²) in [5.74, 6) is 0.202. The average Bonchev–Trinajstić information content (AvgIpc) is 3.06. The first-order valence-corrected chi connectivity index (χ1v) is 7.95. The van der Waals surface area contributed by atoms with Gasteiger partial charge in [-0.05, 0) is 35.9 Å². The van der Waals surface area contributed by atoms with Crippen LogP contribution in [0.4, 0.5) is 5.69 Å². The van der Waals surface area contributed by atoms with Gasteiger partial charge in [-0.25, -0.2) is 0 Å². The molecular formula is C17H14Cl2N2O3. The highest BCUT2D eigenvalue weighted by atomic mass is 35.5. The molecule has 1 amide bonds. The highest BCUT2D eigenvalue weighted by molar-refractivity contribution is 6.31. The molecule has 0 radical (unpaired) electrons. The molecule has 124 valence electrons. The van der Waals surface area contributed by atoms with Crippen molar-refractivity contribution in [1.82, 2.24) is 0 Å². The predicted molar refractivity (Wildman–Crippen MR) is 94.1 cm³/mol. The minimum Gasteiger partial charge on any atom is -0.495 e. The van der Waals surface area contributed by atoms with Crippen molar-refractivity contribution in [2.45, 2.75) is 12.5 Å². The summed E-state index contributed by atoms with van der Waals surface area (Å²) in [6.07, 6.45) is -0.338. The Morgan fingerprint density at radius 2 is 1.92 bits per heavy atom. The standard InChI is InChI=1S/C17H14Cl2N2O3/c1-23-15-7-6-12(19)8-14(15)20-17(22)16-9-13(21-24-16)10-2-4-11(18)5-3-10/h2-8,16H,9H2,1H3,(H,20,22). The first-order chi connectivity index (χ1) is 11.6. The molecule has 0 spiro atoms. The molecule has 1 aliphatic rings. The Labute approximate surface area is 149 Å². The highest BCUT2D eigenvalue weighted by Crippen LogP contribution is 2.28. The number of halogens is 2. The molecule has 0 aliphatic carbocycles. The summed E-state index contributed by atoms with van der Waals surface area (Å²) in [6.45, 7) is 0. The normalized spacial score (nSPS) is 16.3.